The van der Waals surface area contributed by atoms with E-state index >= 15 is 0 Å². The number of ketones is 2. The minimum Gasteiger partial charge on any atom is -0.455 e. The van der Waals surface area contributed by atoms with Crippen LogP contribution in [-0.4, -0.2) is 11.6 Å². The first-order valence-corrected chi connectivity index (χ1v) is 9.19. The van der Waals surface area contributed by atoms with E-state index in [1.165, 1.54) is 19.1 Å². The molecule has 5 nitrogen and oxygen atoms in total. The molecule has 5 heteroatoms. The quantitative estimate of drug-likeness (QED) is 0.444. The van der Waals surface area contributed by atoms with Gasteiger partial charge in [0.25, 0.3) is 0 Å². The standard InChI is InChI=1S/C24H16N2O3/c1-12(2)23(28)18-9-15(11-26)24-22-20(16-6-4-5-7-19(16)29-24)14(10-25)8-17(13(3)27)21(18)22/h4-9,12H,1-3H3. The molecule has 1 aliphatic rings. The molecule has 0 bridgehead atoms. The van der Waals surface area contributed by atoms with Crippen molar-refractivity contribution in [3.05, 3.63) is 58.7 Å². The molecule has 0 spiro atoms. The number of hydrogen-bond acceptors (Lipinski definition) is 5. The number of hydrogen-bond donors (Lipinski definition) is 0. The van der Waals surface area contributed by atoms with Crippen LogP contribution in [0.4, 0.5) is 0 Å². The topological polar surface area (TPSA) is 91.0 Å². The highest BCUT2D eigenvalue weighted by Crippen LogP contribution is 2.51. The van der Waals surface area contributed by atoms with Gasteiger partial charge in [-0.1, -0.05) is 32.0 Å². The number of ether oxygens (including phenoxy) is 1. The van der Waals surface area contributed by atoms with Crippen LogP contribution in [0.25, 0.3) is 21.9 Å². The van der Waals surface area contributed by atoms with Crippen LogP contribution in [0, 0.1) is 28.6 Å². The van der Waals surface area contributed by atoms with Crippen LogP contribution >= 0.6 is 0 Å². The van der Waals surface area contributed by atoms with Crippen LogP contribution in [0.3, 0.4) is 0 Å². The van der Waals surface area contributed by atoms with Gasteiger partial charge in [-0.05, 0) is 25.1 Å². The van der Waals surface area contributed by atoms with Crippen molar-refractivity contribution in [2.75, 3.05) is 0 Å². The molecule has 0 fully saturated rings. The third-order valence-electron chi connectivity index (χ3n) is 5.14. The summed E-state index contributed by atoms with van der Waals surface area (Å²) in [6, 6.07) is 14.5. The Hall–Kier alpha value is -3.96. The van der Waals surface area contributed by atoms with E-state index in [9.17, 15) is 20.1 Å². The van der Waals surface area contributed by atoms with Crippen LogP contribution < -0.4 is 4.74 Å². The van der Waals surface area contributed by atoms with Crippen LogP contribution in [0.2, 0.25) is 0 Å². The molecule has 140 valence electrons. The van der Waals surface area contributed by atoms with E-state index in [2.05, 4.69) is 12.1 Å². The minimum atomic E-state index is -0.328. The van der Waals surface area contributed by atoms with Gasteiger partial charge in [0.1, 0.15) is 11.8 Å². The lowest BCUT2D eigenvalue weighted by Crippen LogP contribution is -2.13. The summed E-state index contributed by atoms with van der Waals surface area (Å²) < 4.78 is 6.05. The summed E-state index contributed by atoms with van der Waals surface area (Å²) in [4.78, 5) is 25.5. The fraction of sp³-hybridized carbons (Fsp3) is 0.167. The number of nitrogens with zero attached hydrogens (tertiary/aromatic N) is 2. The second-order valence-corrected chi connectivity index (χ2v) is 7.29. The van der Waals surface area contributed by atoms with Gasteiger partial charge in [0.2, 0.25) is 0 Å². The average molecular weight is 380 g/mol. The Morgan fingerprint density at radius 1 is 0.966 bits per heavy atom. The summed E-state index contributed by atoms with van der Waals surface area (Å²) in [5, 5.41) is 20.5. The molecule has 0 unspecified atom stereocenters. The molecular weight excluding hydrogens is 364 g/mol. The second-order valence-electron chi connectivity index (χ2n) is 7.29. The summed E-state index contributed by atoms with van der Waals surface area (Å²) in [6.45, 7) is 4.94. The number of carbonyl (C=O) groups excluding carboxylic acids is 2. The smallest absolute Gasteiger partial charge is 0.166 e. The van der Waals surface area contributed by atoms with Gasteiger partial charge >= 0.3 is 0 Å². The third kappa shape index (κ3) is 2.60. The zero-order valence-corrected chi connectivity index (χ0v) is 16.2. The first-order valence-electron chi connectivity index (χ1n) is 9.19. The van der Waals surface area contributed by atoms with Gasteiger partial charge in [0.05, 0.1) is 17.2 Å². The highest BCUT2D eigenvalue weighted by Gasteiger charge is 2.31. The minimum absolute atomic E-state index is 0.176. The van der Waals surface area contributed by atoms with Gasteiger partial charge in [-0.25, -0.2) is 0 Å². The van der Waals surface area contributed by atoms with Crippen molar-refractivity contribution in [1.29, 1.82) is 10.5 Å². The number of carbonyl (C=O) groups is 2. The Morgan fingerprint density at radius 3 is 2.24 bits per heavy atom. The summed E-state index contributed by atoms with van der Waals surface area (Å²) in [5.74, 6) is 0.0278. The van der Waals surface area contributed by atoms with E-state index in [1.54, 1.807) is 26.0 Å². The lowest BCUT2D eigenvalue weighted by atomic mass is 9.82. The Kier molecular flexibility index (Phi) is 4.18. The van der Waals surface area contributed by atoms with Crippen LogP contribution in [0.5, 0.6) is 11.5 Å². The number of fused-ring (bicyclic) bond motifs is 2. The fourth-order valence-corrected chi connectivity index (χ4v) is 3.82. The molecular formula is C24H16N2O3. The Labute approximate surface area is 167 Å². The van der Waals surface area contributed by atoms with Gasteiger partial charge in [0.15, 0.2) is 17.3 Å². The highest BCUT2D eigenvalue weighted by molar-refractivity contribution is 6.23. The average Bonchev–Trinajstić information content (AvgIpc) is 2.72. The number of para-hydroxylation sites is 1. The van der Waals surface area contributed by atoms with Crippen molar-refractivity contribution in [3.8, 4) is 34.8 Å². The molecule has 1 heterocycles. The monoisotopic (exact) mass is 380 g/mol. The summed E-state index contributed by atoms with van der Waals surface area (Å²) >= 11 is 0. The maximum atomic E-state index is 13.0. The Morgan fingerprint density at radius 2 is 1.62 bits per heavy atom. The van der Waals surface area contributed by atoms with Crippen LogP contribution in [0.15, 0.2) is 36.4 Å². The third-order valence-corrected chi connectivity index (χ3v) is 5.14. The normalized spacial score (nSPS) is 11.4. The predicted molar refractivity (Wildman–Crippen MR) is 108 cm³/mol. The van der Waals surface area contributed by atoms with Gasteiger partial charge in [-0.3, -0.25) is 9.59 Å². The molecule has 3 aromatic rings. The molecule has 29 heavy (non-hydrogen) atoms. The zero-order valence-electron chi connectivity index (χ0n) is 16.2. The van der Waals surface area contributed by atoms with Crippen molar-refractivity contribution >= 4 is 22.3 Å². The van der Waals surface area contributed by atoms with Gasteiger partial charge in [-0.2, -0.15) is 10.5 Å². The van der Waals surface area contributed by atoms with E-state index in [0.29, 0.717) is 38.8 Å². The van der Waals surface area contributed by atoms with Gasteiger partial charge in [-0.15, -0.1) is 0 Å². The van der Waals surface area contributed by atoms with Crippen molar-refractivity contribution in [2.24, 2.45) is 5.92 Å². The van der Waals surface area contributed by atoms with Gasteiger partial charge < -0.3 is 4.74 Å². The molecule has 0 aliphatic carbocycles. The number of benzene rings is 3. The molecule has 1 aliphatic heterocycles. The lowest BCUT2D eigenvalue weighted by molar-refractivity contribution is 0.0941. The molecule has 0 saturated heterocycles. The van der Waals surface area contributed by atoms with Gasteiger partial charge in [0, 0.05) is 38.9 Å². The number of Topliss-reactive ketones (excluding diaryl/α,β-unsaturated/α-hetero) is 2. The first kappa shape index (κ1) is 18.4. The zero-order chi connectivity index (χ0) is 20.9. The molecule has 0 atom stereocenters. The van der Waals surface area contributed by atoms with Crippen molar-refractivity contribution < 1.29 is 14.3 Å². The largest absolute Gasteiger partial charge is 0.455 e. The van der Waals surface area contributed by atoms with E-state index in [1.807, 2.05) is 12.1 Å². The summed E-state index contributed by atoms with van der Waals surface area (Å²) in [5.41, 5.74) is 2.35. The van der Waals surface area contributed by atoms with Crippen LogP contribution in [0.1, 0.15) is 52.6 Å². The highest BCUT2D eigenvalue weighted by atomic mass is 16.5. The molecule has 3 aromatic carbocycles. The molecule has 0 N–H and O–H groups in total. The van der Waals surface area contributed by atoms with Crippen LogP contribution in [-0.2, 0) is 0 Å². The fourth-order valence-electron chi connectivity index (χ4n) is 3.82. The first-order chi connectivity index (χ1) is 13.9. The maximum Gasteiger partial charge on any atom is 0.166 e. The lowest BCUT2D eigenvalue weighted by Gasteiger charge is -2.25. The van der Waals surface area contributed by atoms with Crippen molar-refractivity contribution in [2.45, 2.75) is 20.8 Å². The Bertz CT molecular complexity index is 1320. The second kappa shape index (κ2) is 6.58. The Balaban J connectivity index is 2.33. The SMILES string of the molecule is CC(=O)c1cc(C#N)c2c3c(c(C#N)cc(C(=O)C(C)C)c13)Oc1ccccc1-2. The van der Waals surface area contributed by atoms with E-state index in [-0.39, 0.29) is 34.4 Å². The van der Waals surface area contributed by atoms with Crippen molar-refractivity contribution in [3.63, 3.8) is 0 Å². The maximum absolute atomic E-state index is 13.0. The van der Waals surface area contributed by atoms with E-state index in [4.69, 9.17) is 4.74 Å². The molecule has 4 rings (SSSR count). The number of rotatable bonds is 3. The van der Waals surface area contributed by atoms with E-state index < -0.39 is 0 Å². The van der Waals surface area contributed by atoms with Crippen molar-refractivity contribution in [1.82, 2.24) is 0 Å². The number of nitriles is 2. The van der Waals surface area contributed by atoms with E-state index in [0.717, 1.165) is 0 Å². The summed E-state index contributed by atoms with van der Waals surface area (Å²) in [6.07, 6.45) is 0. The molecule has 0 aromatic heterocycles. The molecule has 0 radical (unpaired) electrons. The predicted octanol–water partition coefficient (Wildman–Crippen LogP) is 5.40. The molecule has 0 amide bonds. The summed E-state index contributed by atoms with van der Waals surface area (Å²) in [7, 11) is 0. The molecule has 0 saturated carbocycles.